The van der Waals surface area contributed by atoms with Crippen LogP contribution in [0.25, 0.3) is 0 Å². The summed E-state index contributed by atoms with van der Waals surface area (Å²) in [5.74, 6) is 0.0205. The highest BCUT2D eigenvalue weighted by Crippen LogP contribution is 2.29. The number of benzene rings is 1. The predicted octanol–water partition coefficient (Wildman–Crippen LogP) is 2.35. The van der Waals surface area contributed by atoms with E-state index in [1.54, 1.807) is 23.1 Å². The summed E-state index contributed by atoms with van der Waals surface area (Å²) in [5, 5.41) is 6.11. The van der Waals surface area contributed by atoms with Crippen molar-refractivity contribution in [2.75, 3.05) is 18.4 Å². The molecule has 1 aromatic heterocycles. The molecule has 140 valence electrons. The molecule has 0 aliphatic carbocycles. The number of amides is 2. The summed E-state index contributed by atoms with van der Waals surface area (Å²) >= 11 is 0. The largest absolute Gasteiger partial charge is 0.365 e. The van der Waals surface area contributed by atoms with Crippen LogP contribution in [-0.2, 0) is 4.79 Å². The fourth-order valence-corrected chi connectivity index (χ4v) is 3.82. The van der Waals surface area contributed by atoms with Crippen molar-refractivity contribution >= 4 is 17.6 Å². The number of hydrogen-bond donors (Lipinski definition) is 2. The molecule has 2 aromatic rings. The number of pyridine rings is 1. The van der Waals surface area contributed by atoms with Crippen LogP contribution in [0.4, 0.5) is 10.2 Å². The summed E-state index contributed by atoms with van der Waals surface area (Å²) in [6.07, 6.45) is 0.237. The second-order valence-corrected chi connectivity index (χ2v) is 7.19. The highest BCUT2D eigenvalue weighted by Gasteiger charge is 2.36. The Morgan fingerprint density at radius 3 is 2.89 bits per heavy atom. The normalized spacial score (nSPS) is 23.9. The number of fused-ring (bicyclic) bond motifs is 1. The van der Waals surface area contributed by atoms with E-state index in [9.17, 15) is 14.0 Å². The smallest absolute Gasteiger partial charge is 0.252 e. The lowest BCUT2D eigenvalue weighted by molar-refractivity contribution is -0.130. The standard InChI is InChI=1S/C20H21FN4O2/c1-12-10-25(11-16(12)22-18-8-4-7-17(21)24-18)19(26)9-15-13-5-2-3-6-14(13)20(27)23-15/h2-8,12,15-16H,9-11H2,1H3,(H,22,24)(H,23,27)/t12-,15?,16-/m1/s1. The second kappa shape index (κ2) is 6.98. The lowest BCUT2D eigenvalue weighted by Crippen LogP contribution is -2.34. The van der Waals surface area contributed by atoms with E-state index in [0.29, 0.717) is 24.5 Å². The van der Waals surface area contributed by atoms with Gasteiger partial charge in [0.1, 0.15) is 5.82 Å². The molecule has 2 aliphatic heterocycles. The molecule has 1 fully saturated rings. The van der Waals surface area contributed by atoms with E-state index in [1.807, 2.05) is 18.2 Å². The van der Waals surface area contributed by atoms with E-state index in [1.165, 1.54) is 6.07 Å². The van der Waals surface area contributed by atoms with E-state index in [-0.39, 0.29) is 36.2 Å². The minimum atomic E-state index is -0.533. The van der Waals surface area contributed by atoms with E-state index < -0.39 is 5.95 Å². The predicted molar refractivity (Wildman–Crippen MR) is 98.6 cm³/mol. The second-order valence-electron chi connectivity index (χ2n) is 7.19. The summed E-state index contributed by atoms with van der Waals surface area (Å²) in [4.78, 5) is 30.4. The summed E-state index contributed by atoms with van der Waals surface area (Å²) in [5.41, 5.74) is 1.52. The average molecular weight is 368 g/mol. The Bertz CT molecular complexity index is 888. The van der Waals surface area contributed by atoms with E-state index >= 15 is 0 Å². The van der Waals surface area contributed by atoms with Gasteiger partial charge in [0, 0.05) is 24.7 Å². The van der Waals surface area contributed by atoms with Gasteiger partial charge in [0.2, 0.25) is 11.9 Å². The number of likely N-dealkylation sites (tertiary alicyclic amines) is 1. The molecular formula is C20H21FN4O2. The highest BCUT2D eigenvalue weighted by atomic mass is 19.1. The third kappa shape index (κ3) is 3.49. The quantitative estimate of drug-likeness (QED) is 0.813. The molecule has 0 saturated carbocycles. The number of anilines is 1. The summed E-state index contributed by atoms with van der Waals surface area (Å²) in [6, 6.07) is 11.7. The van der Waals surface area contributed by atoms with Gasteiger partial charge in [-0.2, -0.15) is 4.39 Å². The maximum Gasteiger partial charge on any atom is 0.252 e. The molecule has 1 aromatic carbocycles. The van der Waals surface area contributed by atoms with Crippen LogP contribution in [0.5, 0.6) is 0 Å². The first kappa shape index (κ1) is 17.5. The Balaban J connectivity index is 1.40. The van der Waals surface area contributed by atoms with Gasteiger partial charge in [-0.05, 0) is 29.7 Å². The number of hydrogen-bond acceptors (Lipinski definition) is 4. The van der Waals surface area contributed by atoms with Gasteiger partial charge in [0.25, 0.3) is 5.91 Å². The zero-order valence-electron chi connectivity index (χ0n) is 15.0. The maximum absolute atomic E-state index is 13.3. The van der Waals surface area contributed by atoms with Gasteiger partial charge < -0.3 is 15.5 Å². The SMILES string of the molecule is C[C@@H]1CN(C(=O)CC2NC(=O)c3ccccc32)C[C@H]1Nc1cccc(F)n1. The Kier molecular flexibility index (Phi) is 4.51. The van der Waals surface area contributed by atoms with Crippen molar-refractivity contribution in [1.29, 1.82) is 0 Å². The first-order valence-electron chi connectivity index (χ1n) is 9.08. The molecule has 1 unspecified atom stereocenters. The zero-order valence-corrected chi connectivity index (χ0v) is 15.0. The third-order valence-corrected chi connectivity index (χ3v) is 5.28. The van der Waals surface area contributed by atoms with Crippen LogP contribution < -0.4 is 10.6 Å². The van der Waals surface area contributed by atoms with Gasteiger partial charge in [0.15, 0.2) is 0 Å². The Morgan fingerprint density at radius 1 is 1.26 bits per heavy atom. The summed E-state index contributed by atoms with van der Waals surface area (Å²) in [7, 11) is 0. The molecule has 3 atom stereocenters. The molecule has 4 rings (SSSR count). The van der Waals surface area contributed by atoms with Gasteiger partial charge in [-0.25, -0.2) is 4.98 Å². The van der Waals surface area contributed by atoms with Crippen molar-refractivity contribution in [2.45, 2.75) is 25.4 Å². The lowest BCUT2D eigenvalue weighted by Gasteiger charge is -2.20. The number of halogens is 1. The first-order chi connectivity index (χ1) is 13.0. The van der Waals surface area contributed by atoms with Crippen LogP contribution in [0.3, 0.4) is 0 Å². The van der Waals surface area contributed by atoms with Crippen LogP contribution in [-0.4, -0.2) is 40.8 Å². The molecule has 3 heterocycles. The van der Waals surface area contributed by atoms with Gasteiger partial charge in [-0.1, -0.05) is 31.2 Å². The molecule has 0 radical (unpaired) electrons. The van der Waals surface area contributed by atoms with E-state index in [4.69, 9.17) is 0 Å². The Hall–Kier alpha value is -2.96. The van der Waals surface area contributed by atoms with Crippen molar-refractivity contribution in [3.05, 3.63) is 59.5 Å². The lowest BCUT2D eigenvalue weighted by atomic mass is 10.0. The fraction of sp³-hybridized carbons (Fsp3) is 0.350. The molecule has 2 N–H and O–H groups in total. The van der Waals surface area contributed by atoms with E-state index in [0.717, 1.165) is 5.56 Å². The Morgan fingerprint density at radius 2 is 2.07 bits per heavy atom. The summed E-state index contributed by atoms with van der Waals surface area (Å²) in [6.45, 7) is 3.20. The third-order valence-electron chi connectivity index (χ3n) is 5.28. The van der Waals surface area contributed by atoms with Crippen LogP contribution in [0.15, 0.2) is 42.5 Å². The number of aromatic nitrogens is 1. The topological polar surface area (TPSA) is 74.3 Å². The minimum absolute atomic E-state index is 0.000328. The number of carbonyl (C=O) groups is 2. The molecule has 2 aliphatic rings. The maximum atomic E-state index is 13.3. The Labute approximate surface area is 156 Å². The average Bonchev–Trinajstić information content (AvgIpc) is 3.16. The van der Waals surface area contributed by atoms with Gasteiger partial charge in [-0.15, -0.1) is 0 Å². The first-order valence-corrected chi connectivity index (χ1v) is 9.08. The molecule has 2 amide bonds. The van der Waals surface area contributed by atoms with Crippen molar-refractivity contribution < 1.29 is 14.0 Å². The fourth-order valence-electron chi connectivity index (χ4n) is 3.82. The van der Waals surface area contributed by atoms with Crippen molar-refractivity contribution in [1.82, 2.24) is 15.2 Å². The minimum Gasteiger partial charge on any atom is -0.365 e. The highest BCUT2D eigenvalue weighted by molar-refractivity contribution is 5.99. The van der Waals surface area contributed by atoms with Crippen LogP contribution in [0.2, 0.25) is 0 Å². The molecule has 0 spiro atoms. The van der Waals surface area contributed by atoms with Crippen LogP contribution in [0, 0.1) is 11.9 Å². The van der Waals surface area contributed by atoms with Crippen molar-refractivity contribution in [3.8, 4) is 0 Å². The van der Waals surface area contributed by atoms with Gasteiger partial charge in [0.05, 0.1) is 12.5 Å². The number of nitrogens with zero attached hydrogens (tertiary/aromatic N) is 2. The van der Waals surface area contributed by atoms with Crippen LogP contribution >= 0.6 is 0 Å². The van der Waals surface area contributed by atoms with E-state index in [2.05, 4.69) is 22.5 Å². The molecule has 0 bridgehead atoms. The summed E-state index contributed by atoms with van der Waals surface area (Å²) < 4.78 is 13.3. The molecular weight excluding hydrogens is 347 g/mol. The van der Waals surface area contributed by atoms with Crippen LogP contribution in [0.1, 0.15) is 35.3 Å². The molecule has 1 saturated heterocycles. The number of rotatable bonds is 4. The molecule has 27 heavy (non-hydrogen) atoms. The molecule has 7 heteroatoms. The van der Waals surface area contributed by atoms with Gasteiger partial charge in [-0.3, -0.25) is 9.59 Å². The molecule has 6 nitrogen and oxygen atoms in total. The number of nitrogens with one attached hydrogen (secondary N) is 2. The van der Waals surface area contributed by atoms with Crippen molar-refractivity contribution in [2.24, 2.45) is 5.92 Å². The monoisotopic (exact) mass is 368 g/mol. The van der Waals surface area contributed by atoms with Crippen molar-refractivity contribution in [3.63, 3.8) is 0 Å². The van der Waals surface area contributed by atoms with Gasteiger partial charge >= 0.3 is 0 Å². The zero-order chi connectivity index (χ0) is 19.0. The number of carbonyl (C=O) groups excluding carboxylic acids is 2.